The van der Waals surface area contributed by atoms with Gasteiger partial charge in [0.05, 0.1) is 11.7 Å². The van der Waals surface area contributed by atoms with Crippen molar-refractivity contribution in [2.24, 2.45) is 0 Å². The summed E-state index contributed by atoms with van der Waals surface area (Å²) in [5, 5.41) is 2.79. The molecule has 2 aliphatic rings. The maximum Gasteiger partial charge on any atom is 0.180 e. The summed E-state index contributed by atoms with van der Waals surface area (Å²) < 4.78 is 0. The van der Waals surface area contributed by atoms with Gasteiger partial charge in [0, 0.05) is 29.2 Å². The summed E-state index contributed by atoms with van der Waals surface area (Å²) in [6.07, 6.45) is 6.28. The summed E-state index contributed by atoms with van der Waals surface area (Å²) in [5.74, 6) is 0. The Morgan fingerprint density at radius 3 is 2.41 bits per heavy atom. The molecular weight excluding hydrogens is 352 g/mol. The van der Waals surface area contributed by atoms with E-state index < -0.39 is 0 Å². The Kier molecular flexibility index (Phi) is 5.17. The van der Waals surface area contributed by atoms with E-state index in [0.29, 0.717) is 17.2 Å². The van der Waals surface area contributed by atoms with Gasteiger partial charge in [-0.1, -0.05) is 18.6 Å². The highest BCUT2D eigenvalue weighted by Crippen LogP contribution is 2.39. The first kappa shape index (κ1) is 18.8. The number of nitrogen functional groups attached to an aromatic ring is 1. The zero-order valence-corrected chi connectivity index (χ0v) is 17.6. The van der Waals surface area contributed by atoms with Crippen LogP contribution in [0.2, 0.25) is 0 Å². The van der Waals surface area contributed by atoms with Crippen LogP contribution in [0.15, 0.2) is 29.6 Å². The lowest BCUT2D eigenvalue weighted by Crippen LogP contribution is -2.46. The van der Waals surface area contributed by atoms with Crippen LogP contribution in [0.25, 0.3) is 0 Å². The van der Waals surface area contributed by atoms with Gasteiger partial charge < -0.3 is 10.6 Å². The topological polar surface area (TPSA) is 45.4 Å². The number of anilines is 2. The number of thiazole rings is 1. The number of rotatable bonds is 3. The van der Waals surface area contributed by atoms with Gasteiger partial charge in [0.25, 0.3) is 0 Å². The molecule has 146 valence electrons. The van der Waals surface area contributed by atoms with E-state index in [-0.39, 0.29) is 5.54 Å². The van der Waals surface area contributed by atoms with Crippen molar-refractivity contribution in [2.45, 2.75) is 70.5 Å². The fourth-order valence-corrected chi connectivity index (χ4v) is 5.42. The molecule has 0 saturated carbocycles. The second kappa shape index (κ2) is 7.44. The normalized spacial score (nSPS) is 24.5. The van der Waals surface area contributed by atoms with E-state index in [4.69, 9.17) is 5.73 Å². The highest BCUT2D eigenvalue weighted by Gasteiger charge is 2.32. The van der Waals surface area contributed by atoms with E-state index in [0.717, 1.165) is 18.7 Å². The first-order valence-corrected chi connectivity index (χ1v) is 11.2. The number of piperidine rings is 1. The van der Waals surface area contributed by atoms with Crippen LogP contribution in [-0.4, -0.2) is 28.5 Å². The molecule has 2 aliphatic heterocycles. The van der Waals surface area contributed by atoms with Gasteiger partial charge in [0.15, 0.2) is 5.13 Å². The van der Waals surface area contributed by atoms with Gasteiger partial charge in [-0.25, -0.2) is 4.98 Å². The number of nitrogens with two attached hydrogens (primary N) is 1. The predicted octanol–water partition coefficient (Wildman–Crippen LogP) is 5.39. The van der Waals surface area contributed by atoms with Crippen LogP contribution in [0, 0.1) is 0 Å². The smallest absolute Gasteiger partial charge is 0.180 e. The Bertz CT molecular complexity index is 761. The molecule has 2 aromatic rings. The summed E-state index contributed by atoms with van der Waals surface area (Å²) in [6.45, 7) is 9.32. The Balaban J connectivity index is 1.55. The summed E-state index contributed by atoms with van der Waals surface area (Å²) in [6, 6.07) is 10.3. The van der Waals surface area contributed by atoms with Gasteiger partial charge in [-0.15, -0.1) is 11.3 Å². The van der Waals surface area contributed by atoms with Crippen LogP contribution in [0.5, 0.6) is 0 Å². The van der Waals surface area contributed by atoms with Crippen molar-refractivity contribution in [1.29, 1.82) is 0 Å². The molecule has 2 atom stereocenters. The molecule has 2 saturated heterocycles. The first-order valence-electron chi connectivity index (χ1n) is 10.3. The minimum atomic E-state index is 0.217. The van der Waals surface area contributed by atoms with Gasteiger partial charge in [-0.3, -0.25) is 4.90 Å². The number of nitrogens with zero attached hydrogens (tertiary/aromatic N) is 3. The monoisotopic (exact) mass is 384 g/mol. The van der Waals surface area contributed by atoms with Gasteiger partial charge >= 0.3 is 0 Å². The lowest BCUT2D eigenvalue weighted by atomic mass is 9.90. The highest BCUT2D eigenvalue weighted by atomic mass is 32.1. The standard InChI is InChI=1S/C22H32N4S/c1-22(2,3)26-14-5-4-7-19(26)16-9-11-17(12-10-16)25-13-6-8-20(25)18-15-27-21(23)24-18/h9-12,15,19-20H,4-8,13-14H2,1-3H3,(H2,23,24)/t19?,20-/m1/s1. The van der Waals surface area contributed by atoms with Crippen LogP contribution in [0.3, 0.4) is 0 Å². The summed E-state index contributed by atoms with van der Waals surface area (Å²) in [5.41, 5.74) is 9.98. The second-order valence-corrected chi connectivity index (χ2v) is 9.82. The number of aromatic nitrogens is 1. The van der Waals surface area contributed by atoms with Crippen molar-refractivity contribution in [1.82, 2.24) is 9.88 Å². The molecule has 0 amide bonds. The molecule has 4 rings (SSSR count). The van der Waals surface area contributed by atoms with Crippen molar-refractivity contribution in [3.63, 3.8) is 0 Å². The minimum Gasteiger partial charge on any atom is -0.375 e. The third-order valence-corrected chi connectivity index (χ3v) is 6.80. The van der Waals surface area contributed by atoms with Gasteiger partial charge in [-0.2, -0.15) is 0 Å². The highest BCUT2D eigenvalue weighted by molar-refractivity contribution is 7.13. The van der Waals surface area contributed by atoms with Crippen molar-refractivity contribution in [3.05, 3.63) is 40.9 Å². The van der Waals surface area contributed by atoms with E-state index in [1.165, 1.54) is 43.5 Å². The quantitative estimate of drug-likeness (QED) is 0.770. The maximum absolute atomic E-state index is 5.87. The summed E-state index contributed by atoms with van der Waals surface area (Å²) >= 11 is 1.55. The lowest BCUT2D eigenvalue weighted by molar-refractivity contribution is 0.0509. The fraction of sp³-hybridized carbons (Fsp3) is 0.591. The van der Waals surface area contributed by atoms with Crippen LogP contribution >= 0.6 is 11.3 Å². The molecule has 1 aromatic carbocycles. The molecule has 1 aromatic heterocycles. The average molecular weight is 385 g/mol. The summed E-state index contributed by atoms with van der Waals surface area (Å²) in [7, 11) is 0. The van der Waals surface area contributed by atoms with E-state index in [1.54, 1.807) is 11.3 Å². The molecule has 2 fully saturated rings. The first-order chi connectivity index (χ1) is 12.9. The fourth-order valence-electron chi connectivity index (χ4n) is 4.81. The zero-order valence-electron chi connectivity index (χ0n) is 16.8. The largest absolute Gasteiger partial charge is 0.375 e. The van der Waals surface area contributed by atoms with E-state index in [1.807, 2.05) is 0 Å². The molecule has 1 unspecified atom stereocenters. The van der Waals surface area contributed by atoms with Crippen LogP contribution in [0.1, 0.15) is 76.2 Å². The maximum atomic E-state index is 5.87. The minimum absolute atomic E-state index is 0.217. The van der Waals surface area contributed by atoms with Gasteiger partial charge in [-0.05, 0) is 70.7 Å². The molecule has 0 radical (unpaired) electrons. The van der Waals surface area contributed by atoms with Gasteiger partial charge in [0.2, 0.25) is 0 Å². The molecular formula is C22H32N4S. The number of benzene rings is 1. The van der Waals surface area contributed by atoms with Crippen molar-refractivity contribution in [3.8, 4) is 0 Å². The third-order valence-electron chi connectivity index (χ3n) is 6.11. The molecule has 2 N–H and O–H groups in total. The molecule has 0 bridgehead atoms. The third kappa shape index (κ3) is 3.85. The van der Waals surface area contributed by atoms with E-state index in [2.05, 4.69) is 65.2 Å². The Labute approximate surface area is 167 Å². The molecule has 27 heavy (non-hydrogen) atoms. The number of hydrogen-bond acceptors (Lipinski definition) is 5. The molecule has 3 heterocycles. The summed E-state index contributed by atoms with van der Waals surface area (Å²) in [4.78, 5) is 9.73. The Morgan fingerprint density at radius 2 is 1.74 bits per heavy atom. The van der Waals surface area contributed by atoms with Crippen molar-refractivity contribution in [2.75, 3.05) is 23.7 Å². The lowest BCUT2D eigenvalue weighted by Gasteiger charge is -2.45. The molecule has 0 spiro atoms. The number of likely N-dealkylation sites (tertiary alicyclic amines) is 1. The van der Waals surface area contributed by atoms with Crippen LogP contribution < -0.4 is 10.6 Å². The van der Waals surface area contributed by atoms with E-state index in [9.17, 15) is 0 Å². The Hall–Kier alpha value is -1.59. The number of hydrogen-bond donors (Lipinski definition) is 1. The van der Waals surface area contributed by atoms with E-state index >= 15 is 0 Å². The average Bonchev–Trinajstić information content (AvgIpc) is 3.30. The second-order valence-electron chi connectivity index (χ2n) is 8.93. The Morgan fingerprint density at radius 1 is 1.00 bits per heavy atom. The van der Waals surface area contributed by atoms with Crippen LogP contribution in [0.4, 0.5) is 10.8 Å². The molecule has 5 heteroatoms. The van der Waals surface area contributed by atoms with Gasteiger partial charge in [0.1, 0.15) is 0 Å². The predicted molar refractivity (Wildman–Crippen MR) is 115 cm³/mol. The van der Waals surface area contributed by atoms with Crippen molar-refractivity contribution >= 4 is 22.2 Å². The van der Waals surface area contributed by atoms with Crippen molar-refractivity contribution < 1.29 is 0 Å². The van der Waals surface area contributed by atoms with Crippen LogP contribution in [-0.2, 0) is 0 Å². The SMILES string of the molecule is CC(C)(C)N1CCCCC1c1ccc(N2CCC[C@@H]2c2csc(N)n2)cc1. The zero-order chi connectivity index (χ0) is 19.0. The molecule has 0 aliphatic carbocycles. The molecule has 4 nitrogen and oxygen atoms in total.